The Kier molecular flexibility index (Phi) is 6.19. The first-order valence-corrected chi connectivity index (χ1v) is 12.4. The Morgan fingerprint density at radius 2 is 1.58 bits per heavy atom. The summed E-state index contributed by atoms with van der Waals surface area (Å²) in [5.74, 6) is 0.922. The molecule has 1 aliphatic rings. The number of nitrogens with zero attached hydrogens (tertiary/aromatic N) is 4. The van der Waals surface area contributed by atoms with Gasteiger partial charge in [0.05, 0.1) is 16.6 Å². The van der Waals surface area contributed by atoms with Gasteiger partial charge in [0.2, 0.25) is 0 Å². The van der Waals surface area contributed by atoms with E-state index in [2.05, 4.69) is 25.4 Å². The van der Waals surface area contributed by atoms with Crippen LogP contribution in [0, 0.1) is 0 Å². The van der Waals surface area contributed by atoms with E-state index in [1.807, 2.05) is 47.0 Å². The van der Waals surface area contributed by atoms with Crippen molar-refractivity contribution in [1.82, 2.24) is 25.2 Å². The second-order valence-corrected chi connectivity index (χ2v) is 9.45. The lowest BCUT2D eigenvalue weighted by Crippen LogP contribution is -2.16. The van der Waals surface area contributed by atoms with Crippen LogP contribution < -0.4 is 9.47 Å². The van der Waals surface area contributed by atoms with Gasteiger partial charge < -0.3 is 14.0 Å². The molecule has 5 aromatic rings. The number of aromatic amines is 1. The molecule has 0 atom stereocenters. The molecule has 6 rings (SSSR count). The summed E-state index contributed by atoms with van der Waals surface area (Å²) in [6.45, 7) is 0. The number of benzene rings is 3. The van der Waals surface area contributed by atoms with Gasteiger partial charge in [0.15, 0.2) is 5.82 Å². The van der Waals surface area contributed by atoms with Gasteiger partial charge in [-0.2, -0.15) is 0 Å². The molecule has 1 saturated carbocycles. The number of hydrogen-bond acceptors (Lipinski definition) is 5. The summed E-state index contributed by atoms with van der Waals surface area (Å²) >= 11 is 6.90. The SMILES string of the molecule is FC(F)(F)Oc1ccc(-c2ccc3c(c2)c(Cl)c(-c2nnn[nH]2)n3-c2ccc(OC3CCCC3)cc2)cc1. The minimum Gasteiger partial charge on any atom is -0.490 e. The lowest BCUT2D eigenvalue weighted by molar-refractivity contribution is -0.274. The van der Waals surface area contributed by atoms with Crippen LogP contribution in [0.1, 0.15) is 25.7 Å². The number of aromatic nitrogens is 5. The number of nitrogens with one attached hydrogen (secondary N) is 1. The fraction of sp³-hybridized carbons (Fsp3) is 0.222. The number of alkyl halides is 3. The Morgan fingerprint density at radius 1 is 0.895 bits per heavy atom. The van der Waals surface area contributed by atoms with E-state index in [9.17, 15) is 13.2 Å². The number of fused-ring (bicyclic) bond motifs is 1. The topological polar surface area (TPSA) is 77.9 Å². The molecule has 1 aliphatic carbocycles. The fourth-order valence-electron chi connectivity index (χ4n) is 4.89. The van der Waals surface area contributed by atoms with E-state index in [4.69, 9.17) is 16.3 Å². The Balaban J connectivity index is 1.40. The van der Waals surface area contributed by atoms with Crippen molar-refractivity contribution in [2.24, 2.45) is 0 Å². The zero-order valence-corrected chi connectivity index (χ0v) is 20.6. The summed E-state index contributed by atoms with van der Waals surface area (Å²) in [7, 11) is 0. The standard InChI is InChI=1S/C27H21ClF3N5O2/c28-24-22-15-17(16-5-10-21(11-6-16)38-27(29,30)31)7-14-23(22)36(25(24)26-32-34-35-33-26)18-8-12-20(13-9-18)37-19-3-1-2-4-19/h5-15,19H,1-4H2,(H,32,33,34,35). The fourth-order valence-corrected chi connectivity index (χ4v) is 5.22. The number of rotatable bonds is 6. The Hall–Kier alpha value is -4.05. The molecule has 0 radical (unpaired) electrons. The highest BCUT2D eigenvalue weighted by Gasteiger charge is 2.31. The Morgan fingerprint density at radius 3 is 2.24 bits per heavy atom. The van der Waals surface area contributed by atoms with Crippen molar-refractivity contribution < 1.29 is 22.6 Å². The largest absolute Gasteiger partial charge is 0.573 e. The number of tetrazole rings is 1. The van der Waals surface area contributed by atoms with Crippen LogP contribution in [0.2, 0.25) is 5.02 Å². The highest BCUT2D eigenvalue weighted by atomic mass is 35.5. The van der Waals surface area contributed by atoms with E-state index in [1.54, 1.807) is 12.1 Å². The quantitative estimate of drug-likeness (QED) is 0.244. The van der Waals surface area contributed by atoms with Crippen molar-refractivity contribution >= 4 is 22.5 Å². The second kappa shape index (κ2) is 9.68. The van der Waals surface area contributed by atoms with Crippen molar-refractivity contribution in [2.75, 3.05) is 0 Å². The van der Waals surface area contributed by atoms with E-state index >= 15 is 0 Å². The van der Waals surface area contributed by atoms with Crippen LogP contribution in [0.5, 0.6) is 11.5 Å². The molecule has 0 aliphatic heterocycles. The van der Waals surface area contributed by atoms with Gasteiger partial charge in [-0.25, -0.2) is 5.10 Å². The van der Waals surface area contributed by atoms with Crippen molar-refractivity contribution in [3.05, 3.63) is 71.8 Å². The van der Waals surface area contributed by atoms with E-state index in [-0.39, 0.29) is 11.9 Å². The van der Waals surface area contributed by atoms with Gasteiger partial charge in [0.1, 0.15) is 17.2 Å². The molecule has 0 amide bonds. The second-order valence-electron chi connectivity index (χ2n) is 9.07. The maximum atomic E-state index is 12.5. The summed E-state index contributed by atoms with van der Waals surface area (Å²) in [6, 6.07) is 19.2. The summed E-state index contributed by atoms with van der Waals surface area (Å²) < 4.78 is 49.7. The molecule has 0 unspecified atom stereocenters. The highest BCUT2D eigenvalue weighted by Crippen LogP contribution is 2.40. The molecule has 0 spiro atoms. The van der Waals surface area contributed by atoms with Crippen LogP contribution in [0.15, 0.2) is 66.7 Å². The van der Waals surface area contributed by atoms with Crippen LogP contribution >= 0.6 is 11.6 Å². The minimum atomic E-state index is -4.75. The number of H-pyrrole nitrogens is 1. The molecule has 1 fully saturated rings. The molecule has 0 bridgehead atoms. The lowest BCUT2D eigenvalue weighted by atomic mass is 10.0. The predicted molar refractivity (Wildman–Crippen MR) is 136 cm³/mol. The summed E-state index contributed by atoms with van der Waals surface area (Å²) in [6.07, 6.45) is 0.0396. The third-order valence-electron chi connectivity index (χ3n) is 6.60. The van der Waals surface area contributed by atoms with Crippen molar-refractivity contribution in [2.45, 2.75) is 38.1 Å². The normalized spacial score (nSPS) is 14.3. The molecular weight excluding hydrogens is 519 g/mol. The Labute approximate surface area is 220 Å². The van der Waals surface area contributed by atoms with Gasteiger partial charge in [-0.15, -0.1) is 18.3 Å². The smallest absolute Gasteiger partial charge is 0.490 e. The van der Waals surface area contributed by atoms with Gasteiger partial charge in [-0.3, -0.25) is 0 Å². The van der Waals surface area contributed by atoms with Gasteiger partial charge in [-0.1, -0.05) is 29.8 Å². The van der Waals surface area contributed by atoms with Gasteiger partial charge >= 0.3 is 6.36 Å². The molecule has 0 saturated heterocycles. The average Bonchev–Trinajstić information content (AvgIpc) is 3.66. The van der Waals surface area contributed by atoms with Gasteiger partial charge in [0, 0.05) is 11.1 Å². The maximum absolute atomic E-state index is 12.5. The zero-order chi connectivity index (χ0) is 26.3. The molecule has 7 nitrogen and oxygen atoms in total. The molecule has 38 heavy (non-hydrogen) atoms. The zero-order valence-electron chi connectivity index (χ0n) is 19.9. The lowest BCUT2D eigenvalue weighted by Gasteiger charge is -2.14. The maximum Gasteiger partial charge on any atom is 0.573 e. The van der Waals surface area contributed by atoms with Crippen LogP contribution in [-0.2, 0) is 0 Å². The summed E-state index contributed by atoms with van der Waals surface area (Å²) in [5, 5.41) is 15.5. The molecule has 1 N–H and O–H groups in total. The van der Waals surface area contributed by atoms with E-state index in [1.165, 1.54) is 25.0 Å². The van der Waals surface area contributed by atoms with Gasteiger partial charge in [-0.05, 0) is 95.8 Å². The summed E-state index contributed by atoms with van der Waals surface area (Å²) in [4.78, 5) is 0. The van der Waals surface area contributed by atoms with E-state index < -0.39 is 6.36 Å². The first kappa shape index (κ1) is 24.3. The third kappa shape index (κ3) is 4.79. The third-order valence-corrected chi connectivity index (χ3v) is 6.98. The first-order chi connectivity index (χ1) is 18.4. The Bertz CT molecular complexity index is 1560. The average molecular weight is 540 g/mol. The summed E-state index contributed by atoms with van der Waals surface area (Å²) in [5.41, 5.74) is 3.72. The van der Waals surface area contributed by atoms with Gasteiger partial charge in [0.25, 0.3) is 0 Å². The molecule has 3 aromatic carbocycles. The van der Waals surface area contributed by atoms with Crippen molar-refractivity contribution in [3.63, 3.8) is 0 Å². The van der Waals surface area contributed by atoms with Crippen molar-refractivity contribution in [3.8, 4) is 39.8 Å². The number of ether oxygens (including phenoxy) is 2. The minimum absolute atomic E-state index is 0.256. The van der Waals surface area contributed by atoms with Crippen LogP contribution in [0.3, 0.4) is 0 Å². The molecule has 194 valence electrons. The predicted octanol–water partition coefficient (Wildman–Crippen LogP) is 7.35. The van der Waals surface area contributed by atoms with Crippen molar-refractivity contribution in [1.29, 1.82) is 0 Å². The highest BCUT2D eigenvalue weighted by molar-refractivity contribution is 6.38. The van der Waals surface area contributed by atoms with Crippen LogP contribution in [0.4, 0.5) is 13.2 Å². The number of halogens is 4. The molecule has 11 heteroatoms. The van der Waals surface area contributed by atoms with E-state index in [0.29, 0.717) is 22.1 Å². The monoisotopic (exact) mass is 539 g/mol. The van der Waals surface area contributed by atoms with Crippen LogP contribution in [0.25, 0.3) is 39.2 Å². The molecular formula is C27H21ClF3N5O2. The molecule has 2 aromatic heterocycles. The van der Waals surface area contributed by atoms with E-state index in [0.717, 1.165) is 40.7 Å². The van der Waals surface area contributed by atoms with Crippen LogP contribution in [-0.4, -0.2) is 37.7 Å². The number of hydrogen-bond donors (Lipinski definition) is 1. The molecule has 2 heterocycles. The first-order valence-electron chi connectivity index (χ1n) is 12.1.